The normalized spacial score (nSPS) is 15.4. The number of methoxy groups -OCH3 is 2. The van der Waals surface area contributed by atoms with Gasteiger partial charge in [-0.25, -0.2) is 0 Å². The van der Waals surface area contributed by atoms with E-state index in [1.165, 1.54) is 10.6 Å². The van der Waals surface area contributed by atoms with Crippen molar-refractivity contribution in [2.24, 2.45) is 5.92 Å². The molecule has 0 spiro atoms. The van der Waals surface area contributed by atoms with E-state index in [0.29, 0.717) is 41.8 Å². The first-order valence-corrected chi connectivity index (χ1v) is 9.44. The van der Waals surface area contributed by atoms with Gasteiger partial charge >= 0.3 is 0 Å². The summed E-state index contributed by atoms with van der Waals surface area (Å²) < 4.78 is 12.1. The van der Waals surface area contributed by atoms with Gasteiger partial charge in [0.05, 0.1) is 14.2 Å². The molecule has 1 aromatic carbocycles. The Morgan fingerprint density at radius 3 is 2.50 bits per heavy atom. The highest BCUT2D eigenvalue weighted by Gasteiger charge is 2.25. The SMILES string of the molecule is COc1ccc(OC)c(C=C(C(=O)N2CCC(C)CC2)n2ccccc2=O)c1. The fourth-order valence-corrected chi connectivity index (χ4v) is 3.33. The van der Waals surface area contributed by atoms with E-state index in [2.05, 4.69) is 6.92 Å². The number of likely N-dealkylation sites (tertiary alicyclic amines) is 1. The molecule has 1 aliphatic heterocycles. The number of rotatable bonds is 5. The standard InChI is InChI=1S/C22H26N2O4/c1-16-9-12-23(13-10-16)22(26)19(24-11-5-4-6-21(24)25)15-17-14-18(27-2)7-8-20(17)28-3/h4-8,11,14-16H,9-10,12-13H2,1-3H3. The Balaban J connectivity index is 2.09. The highest BCUT2D eigenvalue weighted by molar-refractivity contribution is 6.18. The number of nitrogens with zero attached hydrogens (tertiary/aromatic N) is 2. The second-order valence-electron chi connectivity index (χ2n) is 7.02. The van der Waals surface area contributed by atoms with Gasteiger partial charge in [0.15, 0.2) is 0 Å². The Hall–Kier alpha value is -3.02. The number of ether oxygens (including phenoxy) is 2. The van der Waals surface area contributed by atoms with Crippen molar-refractivity contribution in [3.05, 3.63) is 58.5 Å². The molecule has 1 aliphatic rings. The predicted octanol–water partition coefficient (Wildman–Crippen LogP) is 3.12. The van der Waals surface area contributed by atoms with E-state index in [1.54, 1.807) is 56.8 Å². The molecule has 1 amide bonds. The molecule has 0 N–H and O–H groups in total. The molecule has 28 heavy (non-hydrogen) atoms. The van der Waals surface area contributed by atoms with Crippen LogP contribution in [0.1, 0.15) is 25.3 Å². The number of benzene rings is 1. The van der Waals surface area contributed by atoms with Crippen molar-refractivity contribution in [3.8, 4) is 11.5 Å². The summed E-state index contributed by atoms with van der Waals surface area (Å²) in [5.74, 6) is 1.69. The van der Waals surface area contributed by atoms with E-state index in [-0.39, 0.29) is 11.5 Å². The third-order valence-corrected chi connectivity index (χ3v) is 5.10. The minimum atomic E-state index is -0.255. The molecule has 1 fully saturated rings. The van der Waals surface area contributed by atoms with Crippen LogP contribution < -0.4 is 15.0 Å². The van der Waals surface area contributed by atoms with Crippen molar-refractivity contribution in [1.29, 1.82) is 0 Å². The second kappa shape index (κ2) is 8.78. The third-order valence-electron chi connectivity index (χ3n) is 5.10. The largest absolute Gasteiger partial charge is 0.497 e. The van der Waals surface area contributed by atoms with Crippen LogP contribution in [0.15, 0.2) is 47.4 Å². The quantitative estimate of drug-likeness (QED) is 0.746. The molecule has 2 heterocycles. The first-order valence-electron chi connectivity index (χ1n) is 9.44. The number of amides is 1. The Labute approximate surface area is 165 Å². The van der Waals surface area contributed by atoms with Gasteiger partial charge in [-0.1, -0.05) is 13.0 Å². The molecule has 6 nitrogen and oxygen atoms in total. The molecule has 0 atom stereocenters. The first-order chi connectivity index (χ1) is 13.5. The lowest BCUT2D eigenvalue weighted by Gasteiger charge is -2.31. The van der Waals surface area contributed by atoms with Gasteiger partial charge < -0.3 is 14.4 Å². The number of aromatic nitrogens is 1. The molecule has 1 saturated heterocycles. The molecule has 0 saturated carbocycles. The van der Waals surface area contributed by atoms with Crippen molar-refractivity contribution in [2.45, 2.75) is 19.8 Å². The Morgan fingerprint density at radius 2 is 1.86 bits per heavy atom. The summed E-state index contributed by atoms with van der Waals surface area (Å²) in [7, 11) is 3.15. The number of pyridine rings is 1. The highest BCUT2D eigenvalue weighted by atomic mass is 16.5. The molecular weight excluding hydrogens is 356 g/mol. The smallest absolute Gasteiger partial charge is 0.270 e. The van der Waals surface area contributed by atoms with Crippen LogP contribution in [0.2, 0.25) is 0 Å². The summed E-state index contributed by atoms with van der Waals surface area (Å²) >= 11 is 0. The minimum absolute atomic E-state index is 0.162. The van der Waals surface area contributed by atoms with E-state index in [1.807, 2.05) is 4.90 Å². The zero-order chi connectivity index (χ0) is 20.1. The molecule has 0 unspecified atom stereocenters. The summed E-state index contributed by atoms with van der Waals surface area (Å²) in [6.07, 6.45) is 5.24. The lowest BCUT2D eigenvalue weighted by Crippen LogP contribution is -2.40. The Bertz CT molecular complexity index is 924. The van der Waals surface area contributed by atoms with Crippen LogP contribution in [0.3, 0.4) is 0 Å². The molecule has 3 rings (SSSR count). The Morgan fingerprint density at radius 1 is 1.11 bits per heavy atom. The molecule has 2 aromatic rings. The van der Waals surface area contributed by atoms with Crippen LogP contribution in [-0.2, 0) is 4.79 Å². The maximum atomic E-state index is 13.3. The maximum absolute atomic E-state index is 13.3. The van der Waals surface area contributed by atoms with Crippen molar-refractivity contribution >= 4 is 17.7 Å². The molecular formula is C22H26N2O4. The number of hydrogen-bond donors (Lipinski definition) is 0. The van der Waals surface area contributed by atoms with Crippen LogP contribution in [-0.4, -0.2) is 42.7 Å². The molecule has 0 radical (unpaired) electrons. The van der Waals surface area contributed by atoms with Gasteiger partial charge in [-0.2, -0.15) is 0 Å². The van der Waals surface area contributed by atoms with Crippen LogP contribution in [0.25, 0.3) is 11.8 Å². The van der Waals surface area contributed by atoms with Gasteiger partial charge in [0, 0.05) is 30.9 Å². The van der Waals surface area contributed by atoms with Gasteiger partial charge in [0.2, 0.25) is 0 Å². The molecule has 1 aromatic heterocycles. The molecule has 0 aliphatic carbocycles. The third kappa shape index (κ3) is 4.27. The van der Waals surface area contributed by atoms with Gasteiger partial charge in [-0.05, 0) is 49.1 Å². The minimum Gasteiger partial charge on any atom is -0.497 e. The fraction of sp³-hybridized carbons (Fsp3) is 0.364. The monoisotopic (exact) mass is 382 g/mol. The number of carbonyl (C=O) groups excluding carboxylic acids is 1. The van der Waals surface area contributed by atoms with Crippen molar-refractivity contribution < 1.29 is 14.3 Å². The predicted molar refractivity (Wildman–Crippen MR) is 109 cm³/mol. The first kappa shape index (κ1) is 19.7. The summed E-state index contributed by atoms with van der Waals surface area (Å²) in [5, 5.41) is 0. The summed E-state index contributed by atoms with van der Waals surface area (Å²) in [5.41, 5.74) is 0.715. The molecule has 6 heteroatoms. The van der Waals surface area contributed by atoms with E-state index in [4.69, 9.17) is 9.47 Å². The average Bonchev–Trinajstić information content (AvgIpc) is 2.72. The van der Waals surface area contributed by atoms with E-state index < -0.39 is 0 Å². The van der Waals surface area contributed by atoms with E-state index in [0.717, 1.165) is 12.8 Å². The zero-order valence-electron chi connectivity index (χ0n) is 16.6. The number of hydrogen-bond acceptors (Lipinski definition) is 4. The topological polar surface area (TPSA) is 60.8 Å². The van der Waals surface area contributed by atoms with Crippen LogP contribution in [0.5, 0.6) is 11.5 Å². The van der Waals surface area contributed by atoms with Crippen LogP contribution >= 0.6 is 0 Å². The van der Waals surface area contributed by atoms with E-state index >= 15 is 0 Å². The van der Waals surface area contributed by atoms with Crippen molar-refractivity contribution in [1.82, 2.24) is 9.47 Å². The number of carbonyl (C=O) groups is 1. The maximum Gasteiger partial charge on any atom is 0.270 e. The lowest BCUT2D eigenvalue weighted by molar-refractivity contribution is -0.126. The highest BCUT2D eigenvalue weighted by Crippen LogP contribution is 2.28. The summed E-state index contributed by atoms with van der Waals surface area (Å²) in [6.45, 7) is 3.57. The van der Waals surface area contributed by atoms with Gasteiger partial charge in [-0.3, -0.25) is 14.2 Å². The molecule has 148 valence electrons. The van der Waals surface area contributed by atoms with Crippen molar-refractivity contribution in [3.63, 3.8) is 0 Å². The van der Waals surface area contributed by atoms with Gasteiger partial charge in [-0.15, -0.1) is 0 Å². The Kier molecular flexibility index (Phi) is 6.19. The second-order valence-corrected chi connectivity index (χ2v) is 7.02. The molecule has 0 bridgehead atoms. The van der Waals surface area contributed by atoms with E-state index in [9.17, 15) is 9.59 Å². The van der Waals surface area contributed by atoms with Gasteiger partial charge in [0.25, 0.3) is 11.5 Å². The lowest BCUT2D eigenvalue weighted by atomic mass is 9.99. The van der Waals surface area contributed by atoms with Crippen LogP contribution in [0.4, 0.5) is 0 Å². The van der Waals surface area contributed by atoms with Crippen molar-refractivity contribution in [2.75, 3.05) is 27.3 Å². The average molecular weight is 382 g/mol. The van der Waals surface area contributed by atoms with Gasteiger partial charge in [0.1, 0.15) is 17.2 Å². The summed E-state index contributed by atoms with van der Waals surface area (Å²) in [6, 6.07) is 10.2. The number of piperidine rings is 1. The summed E-state index contributed by atoms with van der Waals surface area (Å²) in [4.78, 5) is 27.6. The fourth-order valence-electron chi connectivity index (χ4n) is 3.33. The zero-order valence-corrected chi connectivity index (χ0v) is 16.6. The van der Waals surface area contributed by atoms with Crippen LogP contribution in [0, 0.1) is 5.92 Å².